The second kappa shape index (κ2) is 12.4. The van der Waals surface area contributed by atoms with E-state index in [0.717, 1.165) is 61.4 Å². The van der Waals surface area contributed by atoms with E-state index in [-0.39, 0.29) is 30.6 Å². The van der Waals surface area contributed by atoms with Crippen molar-refractivity contribution in [2.75, 3.05) is 31.6 Å². The molecule has 7 heteroatoms. The minimum Gasteiger partial charge on any atom is -0.342 e. The molecule has 0 bridgehead atoms. The quantitative estimate of drug-likeness (QED) is 0.293. The highest BCUT2D eigenvalue weighted by molar-refractivity contribution is 5.85. The Morgan fingerprint density at radius 3 is 2.23 bits per heavy atom. The highest BCUT2D eigenvalue weighted by Gasteiger charge is 2.26. The molecule has 1 aliphatic heterocycles. The average Bonchev–Trinajstić information content (AvgIpc) is 3.23. The fraction of sp³-hybridized carbons (Fsp3) is 0.321. The Morgan fingerprint density at radius 1 is 0.857 bits per heavy atom. The summed E-state index contributed by atoms with van der Waals surface area (Å²) >= 11 is 0. The van der Waals surface area contributed by atoms with E-state index in [4.69, 9.17) is 4.98 Å². The number of likely N-dealkylation sites (tertiary alicyclic amines) is 1. The van der Waals surface area contributed by atoms with Gasteiger partial charge in [0.25, 0.3) is 0 Å². The number of piperidine rings is 1. The van der Waals surface area contributed by atoms with E-state index in [1.807, 2.05) is 18.2 Å². The molecule has 0 saturated carbocycles. The Kier molecular flexibility index (Phi) is 9.55. The maximum Gasteiger partial charge on any atom is 0.206 e. The molecule has 0 radical (unpaired) electrons. The van der Waals surface area contributed by atoms with Crippen molar-refractivity contribution < 1.29 is 4.39 Å². The van der Waals surface area contributed by atoms with Crippen LogP contribution in [0, 0.1) is 5.82 Å². The summed E-state index contributed by atoms with van der Waals surface area (Å²) in [5.41, 5.74) is 4.60. The van der Waals surface area contributed by atoms with E-state index >= 15 is 0 Å². The van der Waals surface area contributed by atoms with E-state index in [0.29, 0.717) is 12.6 Å². The number of fused-ring (bicyclic) bond motifs is 1. The van der Waals surface area contributed by atoms with Crippen LogP contribution in [0.25, 0.3) is 11.0 Å². The third kappa shape index (κ3) is 6.35. The van der Waals surface area contributed by atoms with E-state index < -0.39 is 0 Å². The molecule has 2 heterocycles. The topological polar surface area (TPSA) is 24.3 Å². The summed E-state index contributed by atoms with van der Waals surface area (Å²) in [6, 6.07) is 26.3. The Balaban J connectivity index is 0.00000171. The Labute approximate surface area is 219 Å². The third-order valence-electron chi connectivity index (χ3n) is 6.87. The zero-order valence-electron chi connectivity index (χ0n) is 20.0. The van der Waals surface area contributed by atoms with Crippen molar-refractivity contribution in [3.05, 3.63) is 95.8 Å². The maximum atomic E-state index is 13.4. The molecule has 35 heavy (non-hydrogen) atoms. The number of anilines is 1. The van der Waals surface area contributed by atoms with Crippen LogP contribution in [0.2, 0.25) is 0 Å². The van der Waals surface area contributed by atoms with Crippen LogP contribution < -0.4 is 4.90 Å². The molecule has 0 unspecified atom stereocenters. The fourth-order valence-electron chi connectivity index (χ4n) is 4.89. The molecule has 0 amide bonds. The minimum atomic E-state index is -0.203. The Bertz CT molecular complexity index is 1190. The van der Waals surface area contributed by atoms with Gasteiger partial charge in [0.15, 0.2) is 0 Å². The largest absolute Gasteiger partial charge is 0.342 e. The number of aromatic nitrogens is 2. The second-order valence-corrected chi connectivity index (χ2v) is 9.03. The standard InChI is InChI=1S/C28H31FN4.2ClH/c1-31(25-16-19-32(20-17-25)18-15-22-7-3-2-4-8-22)28-30-26-9-5-6-10-27(26)33(28)21-23-11-13-24(29)14-12-23;;/h2-14,25H,15-21H2,1H3;2*1H. The molecular weight excluding hydrogens is 482 g/mol. The van der Waals surface area contributed by atoms with Crippen LogP contribution in [-0.4, -0.2) is 47.2 Å². The zero-order chi connectivity index (χ0) is 22.6. The molecule has 4 aromatic rings. The number of imidazole rings is 1. The minimum absolute atomic E-state index is 0. The summed E-state index contributed by atoms with van der Waals surface area (Å²) < 4.78 is 15.7. The number of nitrogens with zero attached hydrogens (tertiary/aromatic N) is 4. The highest BCUT2D eigenvalue weighted by Crippen LogP contribution is 2.27. The van der Waals surface area contributed by atoms with Gasteiger partial charge in [0.05, 0.1) is 17.6 Å². The molecule has 1 aliphatic rings. The van der Waals surface area contributed by atoms with Gasteiger partial charge in [-0.1, -0.05) is 54.6 Å². The van der Waals surface area contributed by atoms with Crippen molar-refractivity contribution in [2.24, 2.45) is 0 Å². The number of rotatable bonds is 7. The van der Waals surface area contributed by atoms with Gasteiger partial charge in [-0.2, -0.15) is 0 Å². The molecule has 1 fully saturated rings. The molecule has 5 rings (SSSR count). The molecule has 0 atom stereocenters. The predicted octanol–water partition coefficient (Wildman–Crippen LogP) is 6.21. The molecule has 0 N–H and O–H groups in total. The summed E-state index contributed by atoms with van der Waals surface area (Å²) in [4.78, 5) is 9.94. The van der Waals surface area contributed by atoms with Crippen LogP contribution in [0.15, 0.2) is 78.9 Å². The van der Waals surface area contributed by atoms with Crippen LogP contribution in [0.3, 0.4) is 0 Å². The van der Waals surface area contributed by atoms with Crippen LogP contribution in [-0.2, 0) is 13.0 Å². The number of halogens is 3. The molecule has 186 valence electrons. The van der Waals surface area contributed by atoms with Crippen molar-refractivity contribution >= 4 is 41.8 Å². The molecule has 4 nitrogen and oxygen atoms in total. The van der Waals surface area contributed by atoms with Crippen molar-refractivity contribution in [1.82, 2.24) is 14.5 Å². The first-order chi connectivity index (χ1) is 16.2. The zero-order valence-corrected chi connectivity index (χ0v) is 21.6. The van der Waals surface area contributed by atoms with Gasteiger partial charge in [-0.05, 0) is 54.7 Å². The van der Waals surface area contributed by atoms with Crippen molar-refractivity contribution in [1.29, 1.82) is 0 Å². The van der Waals surface area contributed by atoms with Crippen LogP contribution in [0.1, 0.15) is 24.0 Å². The number of benzene rings is 3. The monoisotopic (exact) mass is 514 g/mol. The van der Waals surface area contributed by atoms with Gasteiger partial charge >= 0.3 is 0 Å². The van der Waals surface area contributed by atoms with Gasteiger partial charge in [-0.3, -0.25) is 0 Å². The third-order valence-corrected chi connectivity index (χ3v) is 6.87. The first-order valence-corrected chi connectivity index (χ1v) is 11.9. The highest BCUT2D eigenvalue weighted by atomic mass is 35.5. The van der Waals surface area contributed by atoms with E-state index in [9.17, 15) is 4.39 Å². The SMILES string of the molecule is CN(c1nc2ccccc2n1Cc1ccc(F)cc1)C1CCN(CCc2ccccc2)CC1.Cl.Cl. The van der Waals surface area contributed by atoms with E-state index in [1.54, 1.807) is 0 Å². The van der Waals surface area contributed by atoms with Crippen LogP contribution >= 0.6 is 24.8 Å². The maximum absolute atomic E-state index is 13.4. The van der Waals surface area contributed by atoms with Crippen LogP contribution in [0.5, 0.6) is 0 Å². The summed E-state index contributed by atoms with van der Waals surface area (Å²) in [5, 5.41) is 0. The predicted molar refractivity (Wildman–Crippen MR) is 148 cm³/mol. The summed E-state index contributed by atoms with van der Waals surface area (Å²) in [6.07, 6.45) is 3.37. The van der Waals surface area contributed by atoms with Gasteiger partial charge in [0, 0.05) is 32.7 Å². The fourth-order valence-corrected chi connectivity index (χ4v) is 4.89. The summed E-state index contributed by atoms with van der Waals surface area (Å²) in [5.74, 6) is 0.786. The second-order valence-electron chi connectivity index (χ2n) is 9.03. The number of hydrogen-bond acceptors (Lipinski definition) is 3. The van der Waals surface area contributed by atoms with Gasteiger partial charge < -0.3 is 14.4 Å². The lowest BCUT2D eigenvalue weighted by atomic mass is 10.0. The van der Waals surface area contributed by atoms with Gasteiger partial charge in [-0.15, -0.1) is 24.8 Å². The summed E-state index contributed by atoms with van der Waals surface area (Å²) in [6.45, 7) is 4.01. The van der Waals surface area contributed by atoms with Gasteiger partial charge in [0.1, 0.15) is 5.82 Å². The summed E-state index contributed by atoms with van der Waals surface area (Å²) in [7, 11) is 2.17. The first kappa shape index (κ1) is 27.0. The lowest BCUT2D eigenvalue weighted by Gasteiger charge is -2.37. The molecule has 1 aromatic heterocycles. The average molecular weight is 516 g/mol. The van der Waals surface area contributed by atoms with Gasteiger partial charge in [-0.25, -0.2) is 9.37 Å². The smallest absolute Gasteiger partial charge is 0.206 e. The lowest BCUT2D eigenvalue weighted by Crippen LogP contribution is -2.44. The van der Waals surface area contributed by atoms with Gasteiger partial charge in [0.2, 0.25) is 5.95 Å². The molecule has 0 aliphatic carbocycles. The van der Waals surface area contributed by atoms with Crippen molar-refractivity contribution in [3.63, 3.8) is 0 Å². The first-order valence-electron chi connectivity index (χ1n) is 11.9. The molecular formula is C28H33Cl2FN4. The number of para-hydroxylation sites is 2. The van der Waals surface area contributed by atoms with E-state index in [1.165, 1.54) is 17.7 Å². The Hall–Kier alpha value is -2.60. The van der Waals surface area contributed by atoms with Crippen molar-refractivity contribution in [2.45, 2.75) is 31.8 Å². The Morgan fingerprint density at radius 2 is 1.51 bits per heavy atom. The molecule has 1 saturated heterocycles. The van der Waals surface area contributed by atoms with E-state index in [2.05, 4.69) is 69.9 Å². The molecule has 0 spiro atoms. The normalized spacial score (nSPS) is 14.3. The lowest BCUT2D eigenvalue weighted by molar-refractivity contribution is 0.212. The van der Waals surface area contributed by atoms with Crippen LogP contribution in [0.4, 0.5) is 10.3 Å². The molecule has 3 aromatic carbocycles. The number of hydrogen-bond donors (Lipinski definition) is 0. The van der Waals surface area contributed by atoms with Crippen molar-refractivity contribution in [3.8, 4) is 0 Å².